The van der Waals surface area contributed by atoms with Crippen molar-refractivity contribution < 1.29 is 10.2 Å². The summed E-state index contributed by atoms with van der Waals surface area (Å²) in [6, 6.07) is 7.45. The van der Waals surface area contributed by atoms with Gasteiger partial charge in [0.2, 0.25) is 0 Å². The predicted octanol–water partition coefficient (Wildman–Crippen LogP) is 1.43. The SMILES string of the molecule is OCC1CCCNC1c1ccc(O)cc1. The molecule has 2 rings (SSSR count). The summed E-state index contributed by atoms with van der Waals surface area (Å²) < 4.78 is 0. The molecule has 1 fully saturated rings. The van der Waals surface area contributed by atoms with Gasteiger partial charge in [-0.15, -0.1) is 0 Å². The molecule has 0 aliphatic carbocycles. The van der Waals surface area contributed by atoms with Gasteiger partial charge in [-0.25, -0.2) is 0 Å². The van der Waals surface area contributed by atoms with Crippen LogP contribution in [0.5, 0.6) is 5.75 Å². The number of rotatable bonds is 2. The van der Waals surface area contributed by atoms with E-state index in [1.54, 1.807) is 12.1 Å². The highest BCUT2D eigenvalue weighted by Crippen LogP contribution is 2.29. The Morgan fingerprint density at radius 1 is 1.27 bits per heavy atom. The van der Waals surface area contributed by atoms with Crippen molar-refractivity contribution in [1.82, 2.24) is 5.32 Å². The fraction of sp³-hybridized carbons (Fsp3) is 0.500. The van der Waals surface area contributed by atoms with Crippen molar-refractivity contribution >= 4 is 0 Å². The summed E-state index contributed by atoms with van der Waals surface area (Å²) >= 11 is 0. The van der Waals surface area contributed by atoms with E-state index < -0.39 is 0 Å². The third kappa shape index (κ3) is 2.30. The Balaban J connectivity index is 2.16. The van der Waals surface area contributed by atoms with Crippen LogP contribution in [-0.4, -0.2) is 23.4 Å². The summed E-state index contributed by atoms with van der Waals surface area (Å²) in [5.74, 6) is 0.582. The third-order valence-electron chi connectivity index (χ3n) is 3.07. The molecule has 0 spiro atoms. The molecule has 0 saturated carbocycles. The zero-order valence-electron chi connectivity index (χ0n) is 8.69. The second kappa shape index (κ2) is 4.64. The van der Waals surface area contributed by atoms with Crippen LogP contribution in [0.2, 0.25) is 0 Å². The van der Waals surface area contributed by atoms with E-state index in [4.69, 9.17) is 0 Å². The van der Waals surface area contributed by atoms with Crippen molar-refractivity contribution in [2.45, 2.75) is 18.9 Å². The van der Waals surface area contributed by atoms with Crippen LogP contribution in [0.3, 0.4) is 0 Å². The van der Waals surface area contributed by atoms with Crippen molar-refractivity contribution in [2.75, 3.05) is 13.2 Å². The van der Waals surface area contributed by atoms with Gasteiger partial charge in [0.25, 0.3) is 0 Å². The van der Waals surface area contributed by atoms with Crippen LogP contribution in [-0.2, 0) is 0 Å². The van der Waals surface area contributed by atoms with Crippen LogP contribution in [0.15, 0.2) is 24.3 Å². The molecule has 1 aliphatic heterocycles. The molecule has 3 N–H and O–H groups in total. The molecule has 1 saturated heterocycles. The lowest BCUT2D eigenvalue weighted by Crippen LogP contribution is -2.35. The Bertz CT molecular complexity index is 310. The fourth-order valence-corrected chi connectivity index (χ4v) is 2.22. The summed E-state index contributed by atoms with van der Waals surface area (Å²) in [7, 11) is 0. The largest absolute Gasteiger partial charge is 0.508 e. The average Bonchev–Trinajstić information content (AvgIpc) is 2.30. The molecule has 2 atom stereocenters. The zero-order valence-corrected chi connectivity index (χ0v) is 8.69. The number of nitrogens with one attached hydrogen (secondary N) is 1. The van der Waals surface area contributed by atoms with Gasteiger partial charge in [0, 0.05) is 18.6 Å². The van der Waals surface area contributed by atoms with E-state index in [2.05, 4.69) is 5.32 Å². The first-order valence-corrected chi connectivity index (χ1v) is 5.44. The van der Waals surface area contributed by atoms with Crippen LogP contribution in [0.1, 0.15) is 24.4 Å². The Labute approximate surface area is 89.8 Å². The smallest absolute Gasteiger partial charge is 0.115 e. The Morgan fingerprint density at radius 3 is 2.67 bits per heavy atom. The van der Waals surface area contributed by atoms with E-state index in [1.807, 2.05) is 12.1 Å². The van der Waals surface area contributed by atoms with E-state index in [0.717, 1.165) is 24.9 Å². The second-order valence-corrected chi connectivity index (χ2v) is 4.11. The van der Waals surface area contributed by atoms with Crippen LogP contribution in [0.4, 0.5) is 0 Å². The van der Waals surface area contributed by atoms with Gasteiger partial charge in [-0.1, -0.05) is 12.1 Å². The van der Waals surface area contributed by atoms with E-state index >= 15 is 0 Å². The second-order valence-electron chi connectivity index (χ2n) is 4.11. The monoisotopic (exact) mass is 207 g/mol. The first-order valence-electron chi connectivity index (χ1n) is 5.44. The summed E-state index contributed by atoms with van der Waals surface area (Å²) in [5.41, 5.74) is 1.14. The normalized spacial score (nSPS) is 26.5. The molecule has 82 valence electrons. The van der Waals surface area contributed by atoms with E-state index in [1.165, 1.54) is 0 Å². The number of aliphatic hydroxyl groups excluding tert-OH is 1. The summed E-state index contributed by atoms with van der Waals surface area (Å²) in [6.07, 6.45) is 2.19. The summed E-state index contributed by atoms with van der Waals surface area (Å²) in [5, 5.41) is 21.9. The van der Waals surface area contributed by atoms with Gasteiger partial charge in [0.05, 0.1) is 0 Å². The molecule has 3 heteroatoms. The van der Waals surface area contributed by atoms with Crippen LogP contribution in [0.25, 0.3) is 0 Å². The number of aliphatic hydroxyl groups is 1. The van der Waals surface area contributed by atoms with E-state index in [0.29, 0.717) is 5.92 Å². The Kier molecular flexibility index (Phi) is 3.23. The molecular weight excluding hydrogens is 190 g/mol. The lowest BCUT2D eigenvalue weighted by Gasteiger charge is -2.31. The maximum Gasteiger partial charge on any atom is 0.115 e. The topological polar surface area (TPSA) is 52.5 Å². The van der Waals surface area contributed by atoms with Gasteiger partial charge in [0.1, 0.15) is 5.75 Å². The van der Waals surface area contributed by atoms with Crippen LogP contribution in [0, 0.1) is 5.92 Å². The van der Waals surface area contributed by atoms with Gasteiger partial charge in [-0.2, -0.15) is 0 Å². The standard InChI is InChI=1S/C12H17NO2/c14-8-10-2-1-7-13-12(10)9-3-5-11(15)6-4-9/h3-6,10,12-15H,1-2,7-8H2. The number of hydrogen-bond donors (Lipinski definition) is 3. The molecule has 3 nitrogen and oxygen atoms in total. The Morgan fingerprint density at radius 2 is 2.00 bits per heavy atom. The van der Waals surface area contributed by atoms with Crippen LogP contribution < -0.4 is 5.32 Å². The molecular formula is C12H17NO2. The van der Waals surface area contributed by atoms with E-state index in [9.17, 15) is 10.2 Å². The highest BCUT2D eigenvalue weighted by Gasteiger charge is 2.25. The summed E-state index contributed by atoms with van der Waals surface area (Å²) in [4.78, 5) is 0. The first-order chi connectivity index (χ1) is 7.31. The lowest BCUT2D eigenvalue weighted by atomic mass is 9.87. The number of piperidine rings is 1. The van der Waals surface area contributed by atoms with Gasteiger partial charge in [0.15, 0.2) is 0 Å². The zero-order chi connectivity index (χ0) is 10.7. The van der Waals surface area contributed by atoms with Gasteiger partial charge >= 0.3 is 0 Å². The van der Waals surface area contributed by atoms with Gasteiger partial charge in [-0.3, -0.25) is 0 Å². The molecule has 0 amide bonds. The van der Waals surface area contributed by atoms with Crippen molar-refractivity contribution in [1.29, 1.82) is 0 Å². The van der Waals surface area contributed by atoms with Crippen molar-refractivity contribution in [3.05, 3.63) is 29.8 Å². The molecule has 15 heavy (non-hydrogen) atoms. The average molecular weight is 207 g/mol. The molecule has 1 aliphatic rings. The predicted molar refractivity (Wildman–Crippen MR) is 58.7 cm³/mol. The van der Waals surface area contributed by atoms with Gasteiger partial charge in [-0.05, 0) is 37.1 Å². The first kappa shape index (κ1) is 10.5. The van der Waals surface area contributed by atoms with Crippen LogP contribution >= 0.6 is 0 Å². The minimum atomic E-state index is 0.221. The minimum Gasteiger partial charge on any atom is -0.508 e. The quantitative estimate of drug-likeness (QED) is 0.687. The number of phenols is 1. The maximum atomic E-state index is 9.29. The lowest BCUT2D eigenvalue weighted by molar-refractivity contribution is 0.160. The highest BCUT2D eigenvalue weighted by molar-refractivity contribution is 5.28. The van der Waals surface area contributed by atoms with Crippen molar-refractivity contribution in [3.63, 3.8) is 0 Å². The Hall–Kier alpha value is -1.06. The molecule has 1 aromatic carbocycles. The summed E-state index contributed by atoms with van der Waals surface area (Å²) in [6.45, 7) is 1.22. The molecule has 0 aromatic heterocycles. The minimum absolute atomic E-state index is 0.221. The molecule has 0 bridgehead atoms. The van der Waals surface area contributed by atoms with Gasteiger partial charge < -0.3 is 15.5 Å². The third-order valence-corrected chi connectivity index (χ3v) is 3.07. The number of phenolic OH excluding ortho intramolecular Hbond substituents is 1. The molecule has 2 unspecified atom stereocenters. The molecule has 0 radical (unpaired) electrons. The fourth-order valence-electron chi connectivity index (χ4n) is 2.22. The molecule has 1 aromatic rings. The maximum absolute atomic E-state index is 9.29. The van der Waals surface area contributed by atoms with Crippen molar-refractivity contribution in [3.8, 4) is 5.75 Å². The highest BCUT2D eigenvalue weighted by atomic mass is 16.3. The molecule has 1 heterocycles. The van der Waals surface area contributed by atoms with Crippen molar-refractivity contribution in [2.24, 2.45) is 5.92 Å². The number of benzene rings is 1. The number of aromatic hydroxyl groups is 1. The number of hydrogen-bond acceptors (Lipinski definition) is 3. The van der Waals surface area contributed by atoms with E-state index in [-0.39, 0.29) is 18.4 Å².